The van der Waals surface area contributed by atoms with Crippen LogP contribution in [0.25, 0.3) is 5.82 Å². The molecule has 0 aliphatic heterocycles. The highest BCUT2D eigenvalue weighted by atomic mass is 35.5. The zero-order valence-electron chi connectivity index (χ0n) is 8.03. The number of nitrogens with zero attached hydrogens (tertiary/aromatic N) is 6. The standard InChI is InChI=1S/C7H5ClN6O2/c1-4-5(14(15)16)6(12-7(8)11-4)13-3-9-2-10-13/h2-3H,1H3. The fraction of sp³-hybridized carbons (Fsp3) is 0.143. The van der Waals surface area contributed by atoms with Gasteiger partial charge in [0.05, 0.1) is 4.92 Å². The molecule has 2 rings (SSSR count). The van der Waals surface area contributed by atoms with Crippen LogP contribution >= 0.6 is 11.6 Å². The van der Waals surface area contributed by atoms with Gasteiger partial charge in [-0.1, -0.05) is 0 Å². The van der Waals surface area contributed by atoms with Crippen LogP contribution in [-0.2, 0) is 0 Å². The van der Waals surface area contributed by atoms with E-state index in [2.05, 4.69) is 20.1 Å². The van der Waals surface area contributed by atoms with E-state index < -0.39 is 4.92 Å². The first kappa shape index (κ1) is 10.4. The summed E-state index contributed by atoms with van der Waals surface area (Å²) in [5, 5.41) is 14.6. The topological polar surface area (TPSA) is 99.6 Å². The number of halogens is 1. The average Bonchev–Trinajstić information content (AvgIpc) is 2.67. The van der Waals surface area contributed by atoms with E-state index in [0.717, 1.165) is 0 Å². The summed E-state index contributed by atoms with van der Waals surface area (Å²) >= 11 is 5.64. The Morgan fingerprint density at radius 1 is 1.50 bits per heavy atom. The highest BCUT2D eigenvalue weighted by molar-refractivity contribution is 6.28. The quantitative estimate of drug-likeness (QED) is 0.440. The molecular formula is C7H5ClN6O2. The molecule has 0 saturated heterocycles. The van der Waals surface area contributed by atoms with Gasteiger partial charge < -0.3 is 0 Å². The van der Waals surface area contributed by atoms with Crippen molar-refractivity contribution < 1.29 is 4.92 Å². The maximum atomic E-state index is 10.9. The highest BCUT2D eigenvalue weighted by Crippen LogP contribution is 2.24. The van der Waals surface area contributed by atoms with Crippen molar-refractivity contribution in [3.8, 4) is 5.82 Å². The van der Waals surface area contributed by atoms with E-state index in [9.17, 15) is 10.1 Å². The van der Waals surface area contributed by atoms with Crippen LogP contribution in [0, 0.1) is 17.0 Å². The smallest absolute Gasteiger partial charge is 0.258 e. The van der Waals surface area contributed by atoms with E-state index >= 15 is 0 Å². The molecule has 2 aromatic rings. The molecule has 0 spiro atoms. The van der Waals surface area contributed by atoms with Gasteiger partial charge in [-0.05, 0) is 18.5 Å². The van der Waals surface area contributed by atoms with Gasteiger partial charge in [0.2, 0.25) is 11.1 Å². The second-order valence-electron chi connectivity index (χ2n) is 2.85. The van der Waals surface area contributed by atoms with Gasteiger partial charge in [0.1, 0.15) is 18.3 Å². The van der Waals surface area contributed by atoms with E-state index in [1.807, 2.05) is 0 Å². The summed E-state index contributed by atoms with van der Waals surface area (Å²) in [4.78, 5) is 21.5. The van der Waals surface area contributed by atoms with Crippen LogP contribution < -0.4 is 0 Å². The summed E-state index contributed by atoms with van der Waals surface area (Å²) in [6.07, 6.45) is 2.54. The van der Waals surface area contributed by atoms with Gasteiger partial charge in [-0.2, -0.15) is 14.8 Å². The molecule has 0 amide bonds. The molecule has 0 unspecified atom stereocenters. The molecule has 0 fully saturated rings. The van der Waals surface area contributed by atoms with Crippen LogP contribution in [0.3, 0.4) is 0 Å². The first-order chi connectivity index (χ1) is 7.59. The molecule has 0 saturated carbocycles. The molecule has 2 heterocycles. The number of rotatable bonds is 2. The maximum Gasteiger partial charge on any atom is 0.334 e. The number of hydrogen-bond donors (Lipinski definition) is 0. The molecule has 0 atom stereocenters. The van der Waals surface area contributed by atoms with Crippen molar-refractivity contribution in [1.29, 1.82) is 0 Å². The Morgan fingerprint density at radius 2 is 2.25 bits per heavy atom. The van der Waals surface area contributed by atoms with Crippen LogP contribution in [-0.4, -0.2) is 29.7 Å². The number of hydrogen-bond acceptors (Lipinski definition) is 6. The summed E-state index contributed by atoms with van der Waals surface area (Å²) in [6, 6.07) is 0. The first-order valence-electron chi connectivity index (χ1n) is 4.13. The van der Waals surface area contributed by atoms with Crippen molar-refractivity contribution in [2.45, 2.75) is 6.92 Å². The Kier molecular flexibility index (Phi) is 2.49. The summed E-state index contributed by atoms with van der Waals surface area (Å²) in [7, 11) is 0. The molecule has 16 heavy (non-hydrogen) atoms. The van der Waals surface area contributed by atoms with Crippen LogP contribution in [0.15, 0.2) is 12.7 Å². The predicted octanol–water partition coefficient (Wildman–Crippen LogP) is 0.927. The molecule has 9 heteroatoms. The van der Waals surface area contributed by atoms with Crippen molar-refractivity contribution in [2.75, 3.05) is 0 Å². The Hall–Kier alpha value is -2.09. The summed E-state index contributed by atoms with van der Waals surface area (Å²) in [5.74, 6) is 0.000000000000000444. The number of aryl methyl sites for hydroxylation is 1. The van der Waals surface area contributed by atoms with Gasteiger partial charge in [-0.3, -0.25) is 10.1 Å². The minimum absolute atomic E-state index is 0.000000000000000444. The first-order valence-corrected chi connectivity index (χ1v) is 4.51. The molecule has 0 aliphatic carbocycles. The van der Waals surface area contributed by atoms with E-state index in [-0.39, 0.29) is 22.5 Å². The Bertz CT molecular complexity index is 540. The van der Waals surface area contributed by atoms with E-state index in [1.165, 1.54) is 24.3 Å². The lowest BCUT2D eigenvalue weighted by atomic mass is 10.3. The molecule has 0 radical (unpaired) electrons. The van der Waals surface area contributed by atoms with Gasteiger partial charge in [-0.25, -0.2) is 9.97 Å². The zero-order valence-corrected chi connectivity index (χ0v) is 8.79. The minimum atomic E-state index is -0.581. The lowest BCUT2D eigenvalue weighted by molar-refractivity contribution is -0.385. The largest absolute Gasteiger partial charge is 0.334 e. The lowest BCUT2D eigenvalue weighted by Gasteiger charge is -2.03. The summed E-state index contributed by atoms with van der Waals surface area (Å²) < 4.78 is 1.17. The normalized spacial score (nSPS) is 10.4. The van der Waals surface area contributed by atoms with E-state index in [0.29, 0.717) is 0 Å². The highest BCUT2D eigenvalue weighted by Gasteiger charge is 2.23. The second-order valence-corrected chi connectivity index (χ2v) is 3.19. The molecule has 82 valence electrons. The summed E-state index contributed by atoms with van der Waals surface area (Å²) in [6.45, 7) is 1.48. The molecule has 0 N–H and O–H groups in total. The summed E-state index contributed by atoms with van der Waals surface area (Å²) in [5.41, 5.74) is -0.0644. The van der Waals surface area contributed by atoms with E-state index in [4.69, 9.17) is 11.6 Å². The monoisotopic (exact) mass is 240 g/mol. The van der Waals surface area contributed by atoms with Crippen LogP contribution in [0.2, 0.25) is 5.28 Å². The average molecular weight is 241 g/mol. The van der Waals surface area contributed by atoms with Crippen molar-refractivity contribution in [2.24, 2.45) is 0 Å². The molecule has 0 aliphatic rings. The SMILES string of the molecule is Cc1nc(Cl)nc(-n2cncn2)c1[N+](=O)[O-]. The van der Waals surface area contributed by atoms with Crippen LogP contribution in [0.4, 0.5) is 5.69 Å². The number of nitro groups is 1. The Morgan fingerprint density at radius 3 is 2.81 bits per heavy atom. The molecule has 2 aromatic heterocycles. The van der Waals surface area contributed by atoms with Crippen LogP contribution in [0.5, 0.6) is 0 Å². The van der Waals surface area contributed by atoms with Crippen molar-refractivity contribution in [3.05, 3.63) is 33.7 Å². The Balaban J connectivity index is 2.72. The third-order valence-corrected chi connectivity index (χ3v) is 2.00. The fourth-order valence-corrected chi connectivity index (χ4v) is 1.42. The van der Waals surface area contributed by atoms with Crippen molar-refractivity contribution in [3.63, 3.8) is 0 Å². The van der Waals surface area contributed by atoms with Gasteiger partial charge >= 0.3 is 5.69 Å². The molecule has 0 bridgehead atoms. The lowest BCUT2D eigenvalue weighted by Crippen LogP contribution is -2.07. The second kappa shape index (κ2) is 3.81. The van der Waals surface area contributed by atoms with Gasteiger partial charge in [0, 0.05) is 0 Å². The van der Waals surface area contributed by atoms with Gasteiger partial charge in [-0.15, -0.1) is 0 Å². The van der Waals surface area contributed by atoms with Crippen molar-refractivity contribution in [1.82, 2.24) is 24.7 Å². The van der Waals surface area contributed by atoms with Gasteiger partial charge in [0.25, 0.3) is 0 Å². The minimum Gasteiger partial charge on any atom is -0.258 e. The van der Waals surface area contributed by atoms with Crippen molar-refractivity contribution >= 4 is 17.3 Å². The molecule has 8 nitrogen and oxygen atoms in total. The fourth-order valence-electron chi connectivity index (χ4n) is 1.21. The van der Waals surface area contributed by atoms with Gasteiger partial charge in [0.15, 0.2) is 0 Å². The third kappa shape index (κ3) is 1.70. The predicted molar refractivity (Wildman–Crippen MR) is 53.4 cm³/mol. The van der Waals surface area contributed by atoms with E-state index in [1.54, 1.807) is 0 Å². The molecular weight excluding hydrogens is 236 g/mol. The Labute approximate surface area is 94.1 Å². The number of aromatic nitrogens is 5. The zero-order chi connectivity index (χ0) is 11.7. The third-order valence-electron chi connectivity index (χ3n) is 1.83. The maximum absolute atomic E-state index is 10.9. The van der Waals surface area contributed by atoms with Crippen LogP contribution in [0.1, 0.15) is 5.69 Å². The molecule has 0 aromatic carbocycles.